The quantitative estimate of drug-likeness (QED) is 0.395. The first-order chi connectivity index (χ1) is 16.4. The first-order valence-corrected chi connectivity index (χ1v) is 11.7. The summed E-state index contributed by atoms with van der Waals surface area (Å²) in [5, 5.41) is 10.3. The first-order valence-electron chi connectivity index (χ1n) is 10.5. The Labute approximate surface area is 206 Å². The van der Waals surface area contributed by atoms with Crippen molar-refractivity contribution in [1.82, 2.24) is 4.90 Å². The van der Waals surface area contributed by atoms with Gasteiger partial charge in [0, 0.05) is 11.6 Å². The molecule has 34 heavy (non-hydrogen) atoms. The summed E-state index contributed by atoms with van der Waals surface area (Å²) in [6.07, 6.45) is 1.83. The van der Waals surface area contributed by atoms with Crippen LogP contribution in [0.5, 0.6) is 5.75 Å². The molecular formula is C26H21ClN2O4S. The number of rotatable bonds is 7. The van der Waals surface area contributed by atoms with Gasteiger partial charge in [-0.2, -0.15) is 0 Å². The molecule has 1 fully saturated rings. The monoisotopic (exact) mass is 492 g/mol. The van der Waals surface area contributed by atoms with Gasteiger partial charge in [-0.25, -0.2) is 9.79 Å². The molecule has 172 valence electrons. The summed E-state index contributed by atoms with van der Waals surface area (Å²) >= 11 is 7.20. The van der Waals surface area contributed by atoms with Gasteiger partial charge in [-0.1, -0.05) is 35.9 Å². The van der Waals surface area contributed by atoms with Crippen LogP contribution in [0.15, 0.2) is 82.7 Å². The number of carbonyl (C=O) groups is 2. The van der Waals surface area contributed by atoms with Gasteiger partial charge >= 0.3 is 5.97 Å². The number of amidine groups is 1. The fourth-order valence-electron chi connectivity index (χ4n) is 3.22. The minimum absolute atomic E-state index is 0.114. The maximum Gasteiger partial charge on any atom is 0.335 e. The van der Waals surface area contributed by atoms with Crippen molar-refractivity contribution in [3.05, 3.63) is 99.4 Å². The lowest BCUT2D eigenvalue weighted by Gasteiger charge is -2.12. The van der Waals surface area contributed by atoms with E-state index < -0.39 is 5.97 Å². The van der Waals surface area contributed by atoms with Crippen molar-refractivity contribution < 1.29 is 19.4 Å². The Balaban J connectivity index is 1.46. The molecule has 3 aromatic rings. The van der Waals surface area contributed by atoms with Crippen LogP contribution in [-0.4, -0.2) is 33.6 Å². The molecule has 0 spiro atoms. The number of thioether (sulfide) groups is 1. The number of carbonyl (C=O) groups excluding carboxylic acids is 1. The Morgan fingerprint density at radius 2 is 1.74 bits per heavy atom. The van der Waals surface area contributed by atoms with Gasteiger partial charge in [0.15, 0.2) is 5.17 Å². The van der Waals surface area contributed by atoms with Gasteiger partial charge in [0.1, 0.15) is 12.4 Å². The van der Waals surface area contributed by atoms with Crippen molar-refractivity contribution in [3.8, 4) is 5.75 Å². The molecule has 1 heterocycles. The van der Waals surface area contributed by atoms with Crippen molar-refractivity contribution in [3.63, 3.8) is 0 Å². The third kappa shape index (κ3) is 5.68. The van der Waals surface area contributed by atoms with Crippen LogP contribution in [0.4, 0.5) is 5.69 Å². The summed E-state index contributed by atoms with van der Waals surface area (Å²) in [7, 11) is 0. The molecule has 6 nitrogen and oxygen atoms in total. The molecule has 4 rings (SSSR count). The van der Waals surface area contributed by atoms with Gasteiger partial charge in [-0.3, -0.25) is 9.69 Å². The van der Waals surface area contributed by atoms with Crippen molar-refractivity contribution in [2.24, 2.45) is 4.99 Å². The van der Waals surface area contributed by atoms with Gasteiger partial charge in [0.25, 0.3) is 5.91 Å². The Morgan fingerprint density at radius 3 is 2.35 bits per heavy atom. The van der Waals surface area contributed by atoms with E-state index in [0.717, 1.165) is 16.9 Å². The maximum atomic E-state index is 12.9. The molecule has 0 atom stereocenters. The third-order valence-corrected chi connectivity index (χ3v) is 6.30. The number of aliphatic imine (C=N–C) groups is 1. The smallest absolute Gasteiger partial charge is 0.335 e. The predicted molar refractivity (Wildman–Crippen MR) is 136 cm³/mol. The van der Waals surface area contributed by atoms with E-state index in [1.54, 1.807) is 17.0 Å². The maximum absolute atomic E-state index is 12.9. The number of ether oxygens (including phenoxy) is 1. The van der Waals surface area contributed by atoms with Gasteiger partial charge in [-0.05, 0) is 84.4 Å². The van der Waals surface area contributed by atoms with Crippen molar-refractivity contribution in [2.45, 2.75) is 13.5 Å². The summed E-state index contributed by atoms with van der Waals surface area (Å²) < 4.78 is 5.82. The number of benzene rings is 3. The second-order valence-electron chi connectivity index (χ2n) is 7.39. The van der Waals surface area contributed by atoms with Crippen LogP contribution in [-0.2, 0) is 11.4 Å². The van der Waals surface area contributed by atoms with Gasteiger partial charge < -0.3 is 9.84 Å². The second kappa shape index (κ2) is 10.6. The average Bonchev–Trinajstić information content (AvgIpc) is 3.13. The van der Waals surface area contributed by atoms with E-state index in [2.05, 4.69) is 4.99 Å². The molecule has 0 radical (unpaired) electrons. The van der Waals surface area contributed by atoms with E-state index in [0.29, 0.717) is 33.9 Å². The molecule has 1 aliphatic heterocycles. The van der Waals surface area contributed by atoms with Gasteiger partial charge in [-0.15, -0.1) is 0 Å². The highest BCUT2D eigenvalue weighted by Crippen LogP contribution is 2.34. The number of hydrogen-bond acceptors (Lipinski definition) is 5. The standard InChI is InChI=1S/C26H21ClN2O4S/c1-2-29-24(30)23(34-26(29)28-21-11-7-19(8-12-21)25(31)32)15-17-5-13-22(14-6-17)33-16-18-3-9-20(27)10-4-18/h3-15H,2,16H2,1H3,(H,31,32). The number of carboxylic acids is 1. The number of nitrogens with zero attached hydrogens (tertiary/aromatic N) is 2. The molecule has 0 aromatic heterocycles. The van der Waals surface area contributed by atoms with Crippen LogP contribution in [0.25, 0.3) is 6.08 Å². The summed E-state index contributed by atoms with van der Waals surface area (Å²) in [5.74, 6) is -0.382. The highest BCUT2D eigenvalue weighted by molar-refractivity contribution is 8.18. The summed E-state index contributed by atoms with van der Waals surface area (Å²) in [6.45, 7) is 2.80. The zero-order valence-electron chi connectivity index (χ0n) is 18.3. The lowest BCUT2D eigenvalue weighted by molar-refractivity contribution is -0.122. The zero-order valence-corrected chi connectivity index (χ0v) is 19.8. The van der Waals surface area contributed by atoms with E-state index in [9.17, 15) is 9.59 Å². The molecule has 0 bridgehead atoms. The molecule has 1 saturated heterocycles. The Hall–Kier alpha value is -3.55. The molecule has 8 heteroatoms. The number of hydrogen-bond donors (Lipinski definition) is 1. The Kier molecular flexibility index (Phi) is 7.35. The molecule has 1 aliphatic rings. The highest BCUT2D eigenvalue weighted by Gasteiger charge is 2.32. The number of halogens is 1. The minimum Gasteiger partial charge on any atom is -0.489 e. The normalized spacial score (nSPS) is 15.8. The van der Waals surface area contributed by atoms with E-state index >= 15 is 0 Å². The summed E-state index contributed by atoms with van der Waals surface area (Å²) in [4.78, 5) is 30.6. The van der Waals surface area contributed by atoms with E-state index in [1.165, 1.54) is 23.9 Å². The Bertz CT molecular complexity index is 1250. The predicted octanol–water partition coefficient (Wildman–Crippen LogP) is 6.24. The molecule has 3 aromatic carbocycles. The summed E-state index contributed by atoms with van der Waals surface area (Å²) in [6, 6.07) is 21.3. The van der Waals surface area contributed by atoms with E-state index in [4.69, 9.17) is 21.4 Å². The van der Waals surface area contributed by atoms with Crippen LogP contribution < -0.4 is 4.74 Å². The number of amides is 1. The fraction of sp³-hybridized carbons (Fsp3) is 0.115. The van der Waals surface area contributed by atoms with Crippen LogP contribution >= 0.6 is 23.4 Å². The molecule has 1 amide bonds. The highest BCUT2D eigenvalue weighted by atomic mass is 35.5. The van der Waals surface area contributed by atoms with Crippen LogP contribution in [0.1, 0.15) is 28.4 Å². The molecule has 1 N–H and O–H groups in total. The number of likely N-dealkylation sites (N-methyl/N-ethyl adjacent to an activating group) is 1. The van der Waals surface area contributed by atoms with Gasteiger partial charge in [0.05, 0.1) is 16.2 Å². The largest absolute Gasteiger partial charge is 0.489 e. The van der Waals surface area contributed by atoms with Crippen LogP contribution in [0.2, 0.25) is 5.02 Å². The number of carboxylic acid groups (broad SMARTS) is 1. The lowest BCUT2D eigenvalue weighted by atomic mass is 10.2. The second-order valence-corrected chi connectivity index (χ2v) is 8.84. The molecule has 0 unspecified atom stereocenters. The first kappa shape index (κ1) is 23.6. The minimum atomic E-state index is -0.994. The van der Waals surface area contributed by atoms with Crippen molar-refractivity contribution in [1.29, 1.82) is 0 Å². The molecule has 0 aliphatic carbocycles. The fourth-order valence-corrected chi connectivity index (χ4v) is 4.41. The van der Waals surface area contributed by atoms with Crippen LogP contribution in [0.3, 0.4) is 0 Å². The third-order valence-electron chi connectivity index (χ3n) is 5.04. The SMILES string of the molecule is CCN1C(=O)C(=Cc2ccc(OCc3ccc(Cl)cc3)cc2)SC1=Nc1ccc(C(=O)O)cc1. The summed E-state index contributed by atoms with van der Waals surface area (Å²) in [5.41, 5.74) is 2.67. The average molecular weight is 493 g/mol. The molecular weight excluding hydrogens is 472 g/mol. The number of aromatic carboxylic acids is 1. The topological polar surface area (TPSA) is 79.2 Å². The lowest BCUT2D eigenvalue weighted by Crippen LogP contribution is -2.28. The van der Waals surface area contributed by atoms with Crippen molar-refractivity contribution in [2.75, 3.05) is 6.54 Å². The van der Waals surface area contributed by atoms with E-state index in [1.807, 2.05) is 61.5 Å². The van der Waals surface area contributed by atoms with Crippen LogP contribution in [0, 0.1) is 0 Å². The van der Waals surface area contributed by atoms with Crippen molar-refractivity contribution >= 4 is 52.2 Å². The van der Waals surface area contributed by atoms with E-state index in [-0.39, 0.29) is 11.5 Å². The Morgan fingerprint density at radius 1 is 1.06 bits per heavy atom. The van der Waals surface area contributed by atoms with Gasteiger partial charge in [0.2, 0.25) is 0 Å². The molecule has 0 saturated carbocycles. The zero-order chi connectivity index (χ0) is 24.1.